The second-order valence-corrected chi connectivity index (χ2v) is 5.76. The molecular weight excluding hydrogens is 314 g/mol. The topological polar surface area (TPSA) is 85.3 Å². The largest absolute Gasteiger partial charge is 0.493 e. The van der Waals surface area contributed by atoms with Gasteiger partial charge in [0.2, 0.25) is 5.91 Å². The molecule has 1 aliphatic heterocycles. The molecule has 0 bridgehead atoms. The average Bonchev–Trinajstić information content (AvgIpc) is 2.97. The van der Waals surface area contributed by atoms with Crippen LogP contribution >= 0.6 is 0 Å². The fraction of sp³-hybridized carbons (Fsp3) is 0.529. The molecule has 0 radical (unpaired) electrons. The number of likely N-dealkylation sites (tertiary alicyclic amines) is 1. The molecule has 132 valence electrons. The third-order valence-electron chi connectivity index (χ3n) is 4.24. The third-order valence-corrected chi connectivity index (χ3v) is 4.24. The van der Waals surface area contributed by atoms with Crippen molar-refractivity contribution in [3.63, 3.8) is 0 Å². The number of carboxylic acid groups (broad SMARTS) is 1. The van der Waals surface area contributed by atoms with Gasteiger partial charge in [0.15, 0.2) is 11.5 Å². The number of hydrogen-bond acceptors (Lipinski definition) is 5. The molecule has 0 saturated carbocycles. The quantitative estimate of drug-likeness (QED) is 0.808. The van der Waals surface area contributed by atoms with Crippen molar-refractivity contribution in [3.05, 3.63) is 23.8 Å². The number of methoxy groups -OCH3 is 3. The lowest BCUT2D eigenvalue weighted by atomic mass is 10.1. The van der Waals surface area contributed by atoms with Gasteiger partial charge >= 0.3 is 5.97 Å². The molecule has 2 atom stereocenters. The molecule has 0 aromatic heterocycles. The van der Waals surface area contributed by atoms with E-state index < -0.39 is 5.97 Å². The van der Waals surface area contributed by atoms with E-state index in [2.05, 4.69) is 0 Å². The molecule has 2 unspecified atom stereocenters. The van der Waals surface area contributed by atoms with Crippen molar-refractivity contribution in [2.45, 2.75) is 31.4 Å². The van der Waals surface area contributed by atoms with Gasteiger partial charge in [0.05, 0.1) is 33.2 Å². The van der Waals surface area contributed by atoms with Crippen LogP contribution in [0.1, 0.15) is 18.4 Å². The number of nitrogens with zero attached hydrogens (tertiary/aromatic N) is 1. The number of carbonyl (C=O) groups is 2. The van der Waals surface area contributed by atoms with Gasteiger partial charge < -0.3 is 24.2 Å². The first kappa shape index (κ1) is 18.1. The van der Waals surface area contributed by atoms with Crippen LogP contribution in [0.4, 0.5) is 0 Å². The summed E-state index contributed by atoms with van der Waals surface area (Å²) in [6.45, 7) is 0.417. The van der Waals surface area contributed by atoms with E-state index in [-0.39, 0.29) is 30.9 Å². The van der Waals surface area contributed by atoms with E-state index in [4.69, 9.17) is 19.3 Å². The van der Waals surface area contributed by atoms with E-state index in [1.807, 2.05) is 0 Å². The number of carboxylic acids is 1. The standard InChI is InChI=1S/C17H23NO6/c1-22-13-8-12(9-17(20)21)18(10-13)16(19)7-11-4-5-14(23-2)15(6-11)24-3/h4-6,12-13H,7-10H2,1-3H3,(H,20,21). The highest BCUT2D eigenvalue weighted by Gasteiger charge is 2.36. The SMILES string of the molecule is COc1ccc(CC(=O)N2CC(OC)CC2CC(=O)O)cc1OC. The maximum atomic E-state index is 12.6. The van der Waals surface area contributed by atoms with Crippen LogP contribution < -0.4 is 9.47 Å². The van der Waals surface area contributed by atoms with Gasteiger partial charge in [0, 0.05) is 19.7 Å². The number of carbonyl (C=O) groups excluding carboxylic acids is 1. The molecule has 7 nitrogen and oxygen atoms in total. The first-order chi connectivity index (χ1) is 11.5. The Balaban J connectivity index is 2.11. The molecule has 1 N–H and O–H groups in total. The number of ether oxygens (including phenoxy) is 3. The lowest BCUT2D eigenvalue weighted by Gasteiger charge is -2.23. The Morgan fingerprint density at radius 1 is 1.21 bits per heavy atom. The smallest absolute Gasteiger partial charge is 0.305 e. The van der Waals surface area contributed by atoms with Gasteiger partial charge in [-0.25, -0.2) is 0 Å². The summed E-state index contributed by atoms with van der Waals surface area (Å²) in [6, 6.07) is 4.97. The van der Waals surface area contributed by atoms with Crippen LogP contribution in [0.25, 0.3) is 0 Å². The van der Waals surface area contributed by atoms with Crippen LogP contribution in [-0.4, -0.2) is 61.9 Å². The van der Waals surface area contributed by atoms with Crippen molar-refractivity contribution in [3.8, 4) is 11.5 Å². The summed E-state index contributed by atoms with van der Waals surface area (Å²) in [5.74, 6) is 0.118. The van der Waals surface area contributed by atoms with Crippen LogP contribution in [0.5, 0.6) is 11.5 Å². The zero-order valence-electron chi connectivity index (χ0n) is 14.2. The van der Waals surface area contributed by atoms with Crippen LogP contribution in [-0.2, 0) is 20.7 Å². The van der Waals surface area contributed by atoms with Crippen LogP contribution in [0.15, 0.2) is 18.2 Å². The molecule has 1 heterocycles. The minimum Gasteiger partial charge on any atom is -0.493 e. The highest BCUT2D eigenvalue weighted by atomic mass is 16.5. The van der Waals surface area contributed by atoms with Gasteiger partial charge in [-0.3, -0.25) is 9.59 Å². The molecule has 1 aromatic carbocycles. The Morgan fingerprint density at radius 2 is 1.92 bits per heavy atom. The van der Waals surface area contributed by atoms with Gasteiger partial charge in [-0.1, -0.05) is 6.07 Å². The highest BCUT2D eigenvalue weighted by molar-refractivity contribution is 5.80. The van der Waals surface area contributed by atoms with Gasteiger partial charge in [-0.2, -0.15) is 0 Å². The summed E-state index contributed by atoms with van der Waals surface area (Å²) in [7, 11) is 4.66. The van der Waals surface area contributed by atoms with Crippen molar-refractivity contribution in [2.24, 2.45) is 0 Å². The lowest BCUT2D eigenvalue weighted by molar-refractivity contribution is -0.139. The van der Waals surface area contributed by atoms with Crippen LogP contribution in [0.2, 0.25) is 0 Å². The van der Waals surface area contributed by atoms with E-state index in [1.165, 1.54) is 7.11 Å². The predicted octanol–water partition coefficient (Wildman–Crippen LogP) is 1.34. The van der Waals surface area contributed by atoms with Crippen LogP contribution in [0.3, 0.4) is 0 Å². The van der Waals surface area contributed by atoms with Gasteiger partial charge in [-0.15, -0.1) is 0 Å². The lowest BCUT2D eigenvalue weighted by Crippen LogP contribution is -2.38. The second kappa shape index (κ2) is 8.01. The van der Waals surface area contributed by atoms with Crippen molar-refractivity contribution >= 4 is 11.9 Å². The number of hydrogen-bond donors (Lipinski definition) is 1. The van der Waals surface area contributed by atoms with E-state index in [0.717, 1.165) is 5.56 Å². The minimum atomic E-state index is -0.916. The van der Waals surface area contributed by atoms with Crippen molar-refractivity contribution in [2.75, 3.05) is 27.9 Å². The molecule has 0 spiro atoms. The normalized spacial score (nSPS) is 20.0. The number of benzene rings is 1. The molecule has 0 aliphatic carbocycles. The Hall–Kier alpha value is -2.28. The average molecular weight is 337 g/mol. The number of rotatable bonds is 7. The summed E-state index contributed by atoms with van der Waals surface area (Å²) >= 11 is 0. The van der Waals surface area contributed by atoms with Crippen molar-refractivity contribution in [1.82, 2.24) is 4.90 Å². The Morgan fingerprint density at radius 3 is 2.50 bits per heavy atom. The maximum absolute atomic E-state index is 12.6. The van der Waals surface area contributed by atoms with E-state index in [0.29, 0.717) is 24.5 Å². The van der Waals surface area contributed by atoms with E-state index >= 15 is 0 Å². The zero-order chi connectivity index (χ0) is 17.7. The molecule has 7 heteroatoms. The first-order valence-corrected chi connectivity index (χ1v) is 7.73. The van der Waals surface area contributed by atoms with E-state index in [9.17, 15) is 9.59 Å². The molecule has 1 amide bonds. The molecule has 1 fully saturated rings. The van der Waals surface area contributed by atoms with Gasteiger partial charge in [0.25, 0.3) is 0 Å². The van der Waals surface area contributed by atoms with Gasteiger partial charge in [-0.05, 0) is 24.1 Å². The summed E-state index contributed by atoms with van der Waals surface area (Å²) < 4.78 is 15.7. The molecule has 2 rings (SSSR count). The predicted molar refractivity (Wildman–Crippen MR) is 86.4 cm³/mol. The maximum Gasteiger partial charge on any atom is 0.305 e. The van der Waals surface area contributed by atoms with E-state index in [1.54, 1.807) is 37.3 Å². The third kappa shape index (κ3) is 4.17. The Kier molecular flexibility index (Phi) is 6.03. The summed E-state index contributed by atoms with van der Waals surface area (Å²) in [6.07, 6.45) is 0.522. The molecule has 24 heavy (non-hydrogen) atoms. The number of amides is 1. The fourth-order valence-corrected chi connectivity index (χ4v) is 3.01. The molecule has 1 aliphatic rings. The number of aliphatic carboxylic acids is 1. The minimum absolute atomic E-state index is 0.0719. The first-order valence-electron chi connectivity index (χ1n) is 7.73. The zero-order valence-corrected chi connectivity index (χ0v) is 14.2. The summed E-state index contributed by atoms with van der Waals surface area (Å²) in [4.78, 5) is 25.3. The van der Waals surface area contributed by atoms with Crippen molar-refractivity contribution in [1.29, 1.82) is 0 Å². The van der Waals surface area contributed by atoms with Crippen molar-refractivity contribution < 1.29 is 28.9 Å². The second-order valence-electron chi connectivity index (χ2n) is 5.76. The highest BCUT2D eigenvalue weighted by Crippen LogP contribution is 2.29. The summed E-state index contributed by atoms with van der Waals surface area (Å²) in [5, 5.41) is 9.04. The molecule has 1 aromatic rings. The molecular formula is C17H23NO6. The monoisotopic (exact) mass is 337 g/mol. The van der Waals surface area contributed by atoms with Crippen LogP contribution in [0, 0.1) is 0 Å². The Bertz CT molecular complexity index is 603. The summed E-state index contributed by atoms with van der Waals surface area (Å²) in [5.41, 5.74) is 0.785. The molecule has 1 saturated heterocycles. The Labute approximate surface area is 141 Å². The fourth-order valence-electron chi connectivity index (χ4n) is 3.01. The van der Waals surface area contributed by atoms with Gasteiger partial charge in [0.1, 0.15) is 0 Å².